The average Bonchev–Trinajstić information content (AvgIpc) is 3.04. The fourth-order valence-electron chi connectivity index (χ4n) is 5.02. The number of pyridine rings is 2. The van der Waals surface area contributed by atoms with Crippen LogP contribution in [0.2, 0.25) is 0 Å². The lowest BCUT2D eigenvalue weighted by molar-refractivity contribution is -0.160. The highest BCUT2D eigenvalue weighted by Crippen LogP contribution is 2.30. The van der Waals surface area contributed by atoms with Crippen molar-refractivity contribution in [1.29, 1.82) is 5.26 Å². The number of nitrogens with zero attached hydrogens (tertiary/aromatic N) is 3. The van der Waals surface area contributed by atoms with Crippen LogP contribution in [0.5, 0.6) is 0 Å². The molecule has 0 unspecified atom stereocenters. The molecule has 2 aromatic heterocycles. The fourth-order valence-corrected chi connectivity index (χ4v) is 5.02. The molecular weight excluding hydrogens is 591 g/mol. The molecule has 14 heteroatoms. The number of nitriles is 1. The zero-order valence-electron chi connectivity index (χ0n) is 25.8. The van der Waals surface area contributed by atoms with Crippen LogP contribution in [-0.4, -0.2) is 80.9 Å². The minimum Gasteiger partial charge on any atom is -0.440 e. The molecule has 1 aliphatic carbocycles. The summed E-state index contributed by atoms with van der Waals surface area (Å²) in [7, 11) is 0. The molecule has 45 heavy (non-hydrogen) atoms. The van der Waals surface area contributed by atoms with Gasteiger partial charge in [0.2, 0.25) is 0 Å². The van der Waals surface area contributed by atoms with Crippen molar-refractivity contribution in [2.45, 2.75) is 64.1 Å². The summed E-state index contributed by atoms with van der Waals surface area (Å²) >= 11 is 0. The van der Waals surface area contributed by atoms with Gasteiger partial charge in [-0.3, -0.25) is 0 Å². The van der Waals surface area contributed by atoms with Gasteiger partial charge in [0.1, 0.15) is 11.6 Å². The number of aryl methyl sites for hydroxylation is 1. The number of carbonyl (C=O) groups is 1. The fraction of sp³-hybridized carbons (Fsp3) is 0.613. The standard InChI is InChI=1S/C18H21N5O.C13H23F3N2O3/c1-13-10-21-16(20)9-14(13)15-3-2-4-17(23-15)22-12-18(11-19)5-7-24-8-6-18;14-13(15,16)10-21-12(19)18-7-9-20-8-6-17-11-4-2-1-3-5-11/h2-4,9-10H,5-8,12H2,1H3,(H2,20,21)(H,22,23);11,17H,1-10H2,(H,18,19). The highest BCUT2D eigenvalue weighted by atomic mass is 19.4. The van der Waals surface area contributed by atoms with E-state index in [0.29, 0.717) is 38.2 Å². The highest BCUT2D eigenvalue weighted by molar-refractivity contribution is 5.67. The third-order valence-corrected chi connectivity index (χ3v) is 7.61. The molecule has 1 amide bonds. The van der Waals surface area contributed by atoms with Crippen LogP contribution in [0, 0.1) is 23.7 Å². The number of alkyl halides is 3. The maximum Gasteiger partial charge on any atom is 0.422 e. The Hall–Kier alpha value is -3.67. The summed E-state index contributed by atoms with van der Waals surface area (Å²) in [5.74, 6) is 1.23. The van der Waals surface area contributed by atoms with Gasteiger partial charge in [0.25, 0.3) is 0 Å². The second kappa shape index (κ2) is 18.3. The van der Waals surface area contributed by atoms with Crippen molar-refractivity contribution in [3.8, 4) is 17.3 Å². The van der Waals surface area contributed by atoms with Crippen LogP contribution >= 0.6 is 0 Å². The molecule has 11 nitrogen and oxygen atoms in total. The molecule has 1 aliphatic heterocycles. The second-order valence-corrected chi connectivity index (χ2v) is 11.2. The number of aromatic nitrogens is 2. The molecule has 3 heterocycles. The normalized spacial score (nSPS) is 16.5. The van der Waals surface area contributed by atoms with E-state index in [-0.39, 0.29) is 18.6 Å². The Morgan fingerprint density at radius 1 is 1.18 bits per heavy atom. The topological polar surface area (TPSA) is 156 Å². The number of nitrogens with one attached hydrogen (secondary N) is 3. The van der Waals surface area contributed by atoms with E-state index in [1.165, 1.54) is 32.1 Å². The number of halogens is 3. The minimum absolute atomic E-state index is 0.125. The molecule has 0 bridgehead atoms. The predicted molar refractivity (Wildman–Crippen MR) is 164 cm³/mol. The van der Waals surface area contributed by atoms with E-state index in [0.717, 1.165) is 42.0 Å². The van der Waals surface area contributed by atoms with Gasteiger partial charge in [-0.25, -0.2) is 14.8 Å². The van der Waals surface area contributed by atoms with Crippen LogP contribution in [0.1, 0.15) is 50.5 Å². The third-order valence-electron chi connectivity index (χ3n) is 7.61. The van der Waals surface area contributed by atoms with E-state index < -0.39 is 18.9 Å². The van der Waals surface area contributed by atoms with E-state index in [4.69, 9.17) is 15.2 Å². The number of nitrogen functional groups attached to an aromatic ring is 1. The zero-order chi connectivity index (χ0) is 32.5. The van der Waals surface area contributed by atoms with Crippen LogP contribution in [0.3, 0.4) is 0 Å². The Morgan fingerprint density at radius 2 is 1.91 bits per heavy atom. The molecule has 0 aromatic carbocycles. The molecule has 1 saturated carbocycles. The van der Waals surface area contributed by atoms with Crippen LogP contribution in [0.15, 0.2) is 30.5 Å². The molecule has 1 saturated heterocycles. The molecule has 0 spiro atoms. The third kappa shape index (κ3) is 13.5. The van der Waals surface area contributed by atoms with Gasteiger partial charge in [-0.15, -0.1) is 0 Å². The smallest absolute Gasteiger partial charge is 0.422 e. The van der Waals surface area contributed by atoms with Gasteiger partial charge in [-0.05, 0) is 56.4 Å². The molecule has 248 valence electrons. The molecule has 2 aliphatic rings. The summed E-state index contributed by atoms with van der Waals surface area (Å²) in [6.45, 7) is 3.87. The van der Waals surface area contributed by atoms with E-state index in [1.54, 1.807) is 6.20 Å². The number of carbonyl (C=O) groups excluding carboxylic acids is 1. The number of alkyl carbamates (subject to hydrolysis) is 1. The second-order valence-electron chi connectivity index (χ2n) is 11.2. The van der Waals surface area contributed by atoms with Crippen molar-refractivity contribution in [1.82, 2.24) is 20.6 Å². The number of anilines is 2. The molecule has 0 atom stereocenters. The van der Waals surface area contributed by atoms with E-state index in [1.807, 2.05) is 31.2 Å². The molecule has 0 radical (unpaired) electrons. The Labute approximate surface area is 262 Å². The van der Waals surface area contributed by atoms with Gasteiger partial charge in [0.05, 0.1) is 30.4 Å². The molecule has 2 fully saturated rings. The van der Waals surface area contributed by atoms with Crippen LogP contribution in [0.4, 0.5) is 29.6 Å². The average molecular weight is 636 g/mol. The Bertz CT molecular complexity index is 1230. The maximum absolute atomic E-state index is 11.8. The highest BCUT2D eigenvalue weighted by Gasteiger charge is 2.32. The summed E-state index contributed by atoms with van der Waals surface area (Å²) < 4.78 is 49.9. The van der Waals surface area contributed by atoms with Gasteiger partial charge >= 0.3 is 12.3 Å². The first kappa shape index (κ1) is 35.8. The van der Waals surface area contributed by atoms with Crippen molar-refractivity contribution >= 4 is 17.7 Å². The van der Waals surface area contributed by atoms with Crippen molar-refractivity contribution < 1.29 is 32.2 Å². The lowest BCUT2D eigenvalue weighted by atomic mass is 9.82. The van der Waals surface area contributed by atoms with E-state index in [2.05, 4.69) is 36.7 Å². The SMILES string of the molecule is Cc1cnc(N)cc1-c1cccc(NCC2(C#N)CCOCC2)n1.O=C(NCCOCCNC1CCCCC1)OCC(F)(F)F. The van der Waals surface area contributed by atoms with Gasteiger partial charge in [0.15, 0.2) is 6.61 Å². The molecule has 5 N–H and O–H groups in total. The van der Waals surface area contributed by atoms with Crippen LogP contribution in [-0.2, 0) is 14.2 Å². The van der Waals surface area contributed by atoms with Gasteiger partial charge in [0, 0.05) is 50.7 Å². The lowest BCUT2D eigenvalue weighted by Gasteiger charge is -2.30. The number of ether oxygens (including phenoxy) is 3. The first-order chi connectivity index (χ1) is 21.6. The first-order valence-electron chi connectivity index (χ1n) is 15.3. The van der Waals surface area contributed by atoms with Crippen molar-refractivity contribution in [2.24, 2.45) is 5.41 Å². The maximum atomic E-state index is 11.8. The van der Waals surface area contributed by atoms with Crippen molar-refractivity contribution in [2.75, 3.05) is 63.7 Å². The van der Waals surface area contributed by atoms with Gasteiger partial charge in [-0.2, -0.15) is 18.4 Å². The van der Waals surface area contributed by atoms with E-state index >= 15 is 0 Å². The molecule has 4 rings (SSSR count). The summed E-state index contributed by atoms with van der Waals surface area (Å²) in [5.41, 5.74) is 8.23. The van der Waals surface area contributed by atoms with Gasteiger partial charge < -0.3 is 35.9 Å². The summed E-state index contributed by atoms with van der Waals surface area (Å²) in [6.07, 6.45) is 3.90. The lowest BCUT2D eigenvalue weighted by Crippen LogP contribution is -2.34. The van der Waals surface area contributed by atoms with Crippen LogP contribution in [0.25, 0.3) is 11.3 Å². The zero-order valence-corrected chi connectivity index (χ0v) is 25.8. The van der Waals surface area contributed by atoms with Crippen LogP contribution < -0.4 is 21.7 Å². The largest absolute Gasteiger partial charge is 0.440 e. The predicted octanol–water partition coefficient (Wildman–Crippen LogP) is 4.98. The van der Waals surface area contributed by atoms with Gasteiger partial charge in [-0.1, -0.05) is 25.3 Å². The molecular formula is C31H44F3N7O4. The Morgan fingerprint density at radius 3 is 2.62 bits per heavy atom. The Balaban J connectivity index is 0.000000248. The summed E-state index contributed by atoms with van der Waals surface area (Å²) in [4.78, 5) is 19.6. The van der Waals surface area contributed by atoms with Crippen molar-refractivity contribution in [3.63, 3.8) is 0 Å². The number of rotatable bonds is 12. The molecule has 2 aromatic rings. The Kier molecular flexibility index (Phi) is 14.6. The minimum atomic E-state index is -4.50. The quantitative estimate of drug-likeness (QED) is 0.235. The summed E-state index contributed by atoms with van der Waals surface area (Å²) in [6, 6.07) is 10.7. The monoisotopic (exact) mass is 635 g/mol. The van der Waals surface area contributed by atoms with E-state index in [9.17, 15) is 23.2 Å². The number of nitrogens with two attached hydrogens (primary N) is 1. The van der Waals surface area contributed by atoms with Crippen molar-refractivity contribution in [3.05, 3.63) is 36.0 Å². The number of hydrogen-bond donors (Lipinski definition) is 4. The number of amides is 1. The summed E-state index contributed by atoms with van der Waals surface area (Å²) in [5, 5.41) is 18.4. The first-order valence-corrected chi connectivity index (χ1v) is 15.3. The number of hydrogen-bond acceptors (Lipinski definition) is 10.